The van der Waals surface area contributed by atoms with Gasteiger partial charge in [-0.15, -0.1) is 10.2 Å². The van der Waals surface area contributed by atoms with E-state index in [0.29, 0.717) is 16.0 Å². The monoisotopic (exact) mass is 322 g/mol. The van der Waals surface area contributed by atoms with E-state index in [1.165, 1.54) is 28.7 Å². The Hall–Kier alpha value is -1.60. The molecule has 0 aliphatic heterocycles. The molecule has 0 unspecified atom stereocenters. The van der Waals surface area contributed by atoms with Crippen molar-refractivity contribution in [2.45, 2.75) is 29.4 Å². The molecule has 0 fully saturated rings. The van der Waals surface area contributed by atoms with E-state index in [2.05, 4.69) is 34.6 Å². The largest absolute Gasteiger partial charge is 0.374 e. The Morgan fingerprint density at radius 2 is 2.05 bits per heavy atom. The zero-order valence-corrected chi connectivity index (χ0v) is 13.6. The van der Waals surface area contributed by atoms with Crippen molar-refractivity contribution in [1.29, 1.82) is 0 Å². The first-order valence-electron chi connectivity index (χ1n) is 6.64. The molecule has 0 aliphatic rings. The fourth-order valence-corrected chi connectivity index (χ4v) is 3.57. The van der Waals surface area contributed by atoms with Crippen molar-refractivity contribution in [3.8, 4) is 0 Å². The molecule has 7 heteroatoms. The third kappa shape index (κ3) is 4.71. The molecule has 3 N–H and O–H groups in total. The molecule has 5 nitrogen and oxygen atoms in total. The highest BCUT2D eigenvalue weighted by Crippen LogP contribution is 2.27. The normalized spacial score (nSPS) is 13.6. The van der Waals surface area contributed by atoms with Gasteiger partial charge < -0.3 is 11.1 Å². The highest BCUT2D eigenvalue weighted by molar-refractivity contribution is 8.02. The molecule has 1 aromatic heterocycles. The Bertz CT molecular complexity index is 588. The number of rotatable bonds is 6. The second kappa shape index (κ2) is 7.42. The number of hydrogen-bond donors (Lipinski definition) is 2. The molecule has 0 bridgehead atoms. The number of nitrogens with one attached hydrogen (secondary N) is 1. The summed E-state index contributed by atoms with van der Waals surface area (Å²) in [6.45, 7) is 4.57. The molecule has 2 rings (SSSR count). The van der Waals surface area contributed by atoms with Gasteiger partial charge in [0.1, 0.15) is 0 Å². The maximum Gasteiger partial charge on any atom is 0.233 e. The molecule has 2 aromatic rings. The van der Waals surface area contributed by atoms with Crippen LogP contribution in [0, 0.1) is 0 Å². The average molecular weight is 322 g/mol. The van der Waals surface area contributed by atoms with Crippen LogP contribution in [0.2, 0.25) is 0 Å². The summed E-state index contributed by atoms with van der Waals surface area (Å²) in [5.74, 6) is 0.279. The molecule has 0 saturated heterocycles. The van der Waals surface area contributed by atoms with Crippen LogP contribution in [0.5, 0.6) is 0 Å². The van der Waals surface area contributed by atoms with E-state index in [9.17, 15) is 4.79 Å². The molecule has 0 spiro atoms. The Morgan fingerprint density at radius 3 is 2.67 bits per heavy atom. The maximum atomic E-state index is 12.1. The third-order valence-electron chi connectivity index (χ3n) is 3.02. The smallest absolute Gasteiger partial charge is 0.233 e. The molecule has 112 valence electrons. The van der Waals surface area contributed by atoms with Gasteiger partial charge in [-0.1, -0.05) is 60.4 Å². The molecular formula is C14H18N4OS2. The summed E-state index contributed by atoms with van der Waals surface area (Å²) in [6.07, 6.45) is 0. The number of nitrogen functional groups attached to an aromatic ring is 1. The fraction of sp³-hybridized carbons (Fsp3) is 0.357. The zero-order valence-electron chi connectivity index (χ0n) is 11.9. The highest BCUT2D eigenvalue weighted by Gasteiger charge is 2.17. The van der Waals surface area contributed by atoms with Crippen molar-refractivity contribution in [3.05, 3.63) is 35.9 Å². The summed E-state index contributed by atoms with van der Waals surface area (Å²) in [4.78, 5) is 12.1. The summed E-state index contributed by atoms with van der Waals surface area (Å²) in [6, 6.07) is 10.1. The van der Waals surface area contributed by atoms with Gasteiger partial charge in [-0.2, -0.15) is 0 Å². The van der Waals surface area contributed by atoms with Gasteiger partial charge in [0.25, 0.3) is 0 Å². The van der Waals surface area contributed by atoms with Crippen molar-refractivity contribution in [1.82, 2.24) is 15.5 Å². The molecule has 0 radical (unpaired) electrons. The van der Waals surface area contributed by atoms with E-state index >= 15 is 0 Å². The van der Waals surface area contributed by atoms with Crippen molar-refractivity contribution >= 4 is 34.1 Å². The lowest BCUT2D eigenvalue weighted by atomic mass is 10.0. The predicted molar refractivity (Wildman–Crippen MR) is 87.5 cm³/mol. The number of carbonyl (C=O) groups is 1. The molecule has 1 aromatic carbocycles. The topological polar surface area (TPSA) is 80.9 Å². The minimum Gasteiger partial charge on any atom is -0.374 e. The van der Waals surface area contributed by atoms with Crippen LogP contribution < -0.4 is 11.1 Å². The minimum atomic E-state index is -0.222. The number of hydrogen-bond acceptors (Lipinski definition) is 6. The number of carbonyl (C=O) groups excluding carboxylic acids is 1. The third-order valence-corrected chi connectivity index (χ3v) is 4.96. The predicted octanol–water partition coefficient (Wildman–Crippen LogP) is 2.52. The van der Waals surface area contributed by atoms with E-state index in [1.807, 2.05) is 25.1 Å². The first-order valence-corrected chi connectivity index (χ1v) is 8.34. The Labute approximate surface area is 132 Å². The SMILES string of the molecule is C[C@H](Sc1nnc(N)s1)C(=O)NC[C@@H](C)c1ccccc1. The van der Waals surface area contributed by atoms with Gasteiger partial charge in [-0.3, -0.25) is 4.79 Å². The number of anilines is 1. The summed E-state index contributed by atoms with van der Waals surface area (Å²) >= 11 is 2.67. The molecule has 0 aliphatic carbocycles. The quantitative estimate of drug-likeness (QED) is 0.799. The highest BCUT2D eigenvalue weighted by atomic mass is 32.2. The van der Waals surface area contributed by atoms with E-state index in [-0.39, 0.29) is 17.1 Å². The van der Waals surface area contributed by atoms with Crippen molar-refractivity contribution in [2.24, 2.45) is 0 Å². The van der Waals surface area contributed by atoms with Crippen molar-refractivity contribution < 1.29 is 4.79 Å². The van der Waals surface area contributed by atoms with E-state index in [4.69, 9.17) is 5.73 Å². The number of nitrogens with two attached hydrogens (primary N) is 1. The second-order valence-corrected chi connectivity index (χ2v) is 7.32. The Kier molecular flexibility index (Phi) is 5.58. The molecule has 2 atom stereocenters. The van der Waals surface area contributed by atoms with Crippen molar-refractivity contribution in [2.75, 3.05) is 12.3 Å². The van der Waals surface area contributed by atoms with Crippen LogP contribution in [0.15, 0.2) is 34.7 Å². The van der Waals surface area contributed by atoms with Gasteiger partial charge >= 0.3 is 0 Å². The van der Waals surface area contributed by atoms with Crippen LogP contribution in [0.4, 0.5) is 5.13 Å². The Balaban J connectivity index is 1.81. The average Bonchev–Trinajstić information content (AvgIpc) is 2.90. The van der Waals surface area contributed by atoms with Crippen LogP contribution in [-0.4, -0.2) is 27.9 Å². The van der Waals surface area contributed by atoms with Gasteiger partial charge in [0, 0.05) is 6.54 Å². The Morgan fingerprint density at radius 1 is 1.33 bits per heavy atom. The molecule has 21 heavy (non-hydrogen) atoms. The summed E-state index contributed by atoms with van der Waals surface area (Å²) in [7, 11) is 0. The maximum absolute atomic E-state index is 12.1. The minimum absolute atomic E-state index is 0.00319. The van der Waals surface area contributed by atoms with Gasteiger partial charge in [-0.25, -0.2) is 0 Å². The van der Waals surface area contributed by atoms with E-state index in [1.54, 1.807) is 0 Å². The fourth-order valence-electron chi connectivity index (χ4n) is 1.77. The van der Waals surface area contributed by atoms with Gasteiger partial charge in [0.15, 0.2) is 4.34 Å². The first-order chi connectivity index (χ1) is 10.1. The summed E-state index contributed by atoms with van der Waals surface area (Å²) in [5.41, 5.74) is 6.74. The lowest BCUT2D eigenvalue weighted by Gasteiger charge is -2.15. The summed E-state index contributed by atoms with van der Waals surface area (Å²) < 4.78 is 0.714. The van der Waals surface area contributed by atoms with Crippen LogP contribution in [0.3, 0.4) is 0 Å². The number of aromatic nitrogens is 2. The van der Waals surface area contributed by atoms with E-state index < -0.39 is 0 Å². The van der Waals surface area contributed by atoms with Gasteiger partial charge in [0.2, 0.25) is 11.0 Å². The first kappa shape index (κ1) is 15.8. The van der Waals surface area contributed by atoms with Gasteiger partial charge in [0.05, 0.1) is 5.25 Å². The number of nitrogens with zero attached hydrogens (tertiary/aromatic N) is 2. The van der Waals surface area contributed by atoms with Crippen LogP contribution in [0.1, 0.15) is 25.3 Å². The molecule has 0 saturated carbocycles. The molecule has 1 amide bonds. The molecule has 1 heterocycles. The van der Waals surface area contributed by atoms with Gasteiger partial charge in [-0.05, 0) is 18.4 Å². The van der Waals surface area contributed by atoms with E-state index in [0.717, 1.165) is 0 Å². The van der Waals surface area contributed by atoms with Crippen LogP contribution in [-0.2, 0) is 4.79 Å². The molecular weight excluding hydrogens is 304 g/mol. The van der Waals surface area contributed by atoms with Crippen LogP contribution >= 0.6 is 23.1 Å². The lowest BCUT2D eigenvalue weighted by Crippen LogP contribution is -2.33. The standard InChI is InChI=1S/C14H18N4OS2/c1-9(11-6-4-3-5-7-11)8-16-12(19)10(2)20-14-18-17-13(15)21-14/h3-7,9-10H,8H2,1-2H3,(H2,15,17)(H,16,19)/t9-,10+/m1/s1. The lowest BCUT2D eigenvalue weighted by molar-refractivity contribution is -0.120. The number of amides is 1. The number of thioether (sulfide) groups is 1. The zero-order chi connectivity index (χ0) is 15.2. The summed E-state index contributed by atoms with van der Waals surface area (Å²) in [5, 5.41) is 10.8. The number of benzene rings is 1. The second-order valence-electron chi connectivity index (χ2n) is 4.72. The van der Waals surface area contributed by atoms with Crippen molar-refractivity contribution in [3.63, 3.8) is 0 Å². The van der Waals surface area contributed by atoms with Crippen LogP contribution in [0.25, 0.3) is 0 Å².